The number of carbonyl (C=O) groups excluding carboxylic acids is 1. The van der Waals surface area contributed by atoms with Gasteiger partial charge in [0, 0.05) is 0 Å². The van der Waals surface area contributed by atoms with Gasteiger partial charge < -0.3 is 10.5 Å². The number of hydrogen-bond acceptors (Lipinski definition) is 7. The highest BCUT2D eigenvalue weighted by Crippen LogP contribution is 2.32. The van der Waals surface area contributed by atoms with Gasteiger partial charge in [-0.2, -0.15) is 5.10 Å². The zero-order chi connectivity index (χ0) is 15.6. The summed E-state index contributed by atoms with van der Waals surface area (Å²) in [6.45, 7) is 3.90. The van der Waals surface area contributed by atoms with Gasteiger partial charge in [-0.05, 0) is 19.1 Å². The molecule has 1 saturated heterocycles. The average molecular weight is 333 g/mol. The first-order chi connectivity index (χ1) is 9.89. The minimum Gasteiger partial charge on any atom is -0.462 e. The minimum atomic E-state index is -3.05. The maximum absolute atomic E-state index is 12.0. The van der Waals surface area contributed by atoms with E-state index < -0.39 is 15.8 Å². The van der Waals surface area contributed by atoms with Crippen molar-refractivity contribution in [3.05, 3.63) is 5.56 Å². The summed E-state index contributed by atoms with van der Waals surface area (Å²) in [5.41, 5.74) is 6.27. The molecule has 1 aliphatic rings. The third kappa shape index (κ3) is 3.34. The van der Waals surface area contributed by atoms with Crippen LogP contribution >= 0.6 is 11.8 Å². The number of nitrogens with zero attached hydrogens (tertiary/aromatic N) is 2. The third-order valence-corrected chi connectivity index (χ3v) is 5.83. The highest BCUT2D eigenvalue weighted by molar-refractivity contribution is 7.99. The van der Waals surface area contributed by atoms with Gasteiger partial charge >= 0.3 is 5.97 Å². The standard InChI is InChI=1S/C12H19N3O4S2/c1-3-19-12(16)9-10(13)15(14-11(9)20-4-2)8-5-6-21(17,18)7-8/h8H,3-7,13H2,1-2H3. The number of aromatic nitrogens is 2. The Labute approximate surface area is 128 Å². The zero-order valence-corrected chi connectivity index (χ0v) is 13.7. The summed E-state index contributed by atoms with van der Waals surface area (Å²) in [5.74, 6) is 0.537. The first-order valence-corrected chi connectivity index (χ1v) is 9.58. The number of esters is 1. The predicted octanol–water partition coefficient (Wildman–Crippen LogP) is 1.11. The van der Waals surface area contributed by atoms with Gasteiger partial charge in [-0.3, -0.25) is 0 Å². The number of nitrogen functional groups attached to an aromatic ring is 1. The van der Waals surface area contributed by atoms with Crippen molar-refractivity contribution in [2.24, 2.45) is 0 Å². The third-order valence-electron chi connectivity index (χ3n) is 3.23. The monoisotopic (exact) mass is 333 g/mol. The molecule has 2 heterocycles. The van der Waals surface area contributed by atoms with Gasteiger partial charge in [0.25, 0.3) is 0 Å². The van der Waals surface area contributed by atoms with Gasteiger partial charge in [0.15, 0.2) is 9.84 Å². The molecular formula is C12H19N3O4S2. The number of thioether (sulfide) groups is 1. The van der Waals surface area contributed by atoms with Crippen molar-refractivity contribution in [3.63, 3.8) is 0 Å². The van der Waals surface area contributed by atoms with Crippen LogP contribution in [0.25, 0.3) is 0 Å². The second kappa shape index (κ2) is 6.27. The molecule has 0 aliphatic carbocycles. The quantitative estimate of drug-likeness (QED) is 0.636. The summed E-state index contributed by atoms with van der Waals surface area (Å²) < 4.78 is 29.7. The van der Waals surface area contributed by atoms with Crippen molar-refractivity contribution < 1.29 is 17.9 Å². The Bertz CT molecular complexity index is 639. The van der Waals surface area contributed by atoms with Gasteiger partial charge in [-0.15, -0.1) is 11.8 Å². The summed E-state index contributed by atoms with van der Waals surface area (Å²) in [4.78, 5) is 12.0. The SMILES string of the molecule is CCOC(=O)c1c(SCC)nn(C2CCS(=O)(=O)C2)c1N. The van der Waals surface area contributed by atoms with Crippen molar-refractivity contribution >= 4 is 33.4 Å². The van der Waals surface area contributed by atoms with Crippen LogP contribution in [-0.4, -0.2) is 48.0 Å². The van der Waals surface area contributed by atoms with Crippen LogP contribution in [0.15, 0.2) is 5.03 Å². The topological polar surface area (TPSA) is 104 Å². The molecule has 1 aromatic rings. The van der Waals surface area contributed by atoms with Crippen LogP contribution in [0.2, 0.25) is 0 Å². The maximum Gasteiger partial charge on any atom is 0.344 e. The zero-order valence-electron chi connectivity index (χ0n) is 12.0. The summed E-state index contributed by atoms with van der Waals surface area (Å²) in [6, 6.07) is -0.311. The molecule has 1 atom stereocenters. The number of nitrogens with two attached hydrogens (primary N) is 1. The van der Waals surface area contributed by atoms with Gasteiger partial charge in [-0.1, -0.05) is 6.92 Å². The molecule has 1 aromatic heterocycles. The Hall–Kier alpha value is -1.22. The lowest BCUT2D eigenvalue weighted by Crippen LogP contribution is -2.16. The molecular weight excluding hydrogens is 314 g/mol. The van der Waals surface area contributed by atoms with Crippen molar-refractivity contribution in [3.8, 4) is 0 Å². The lowest BCUT2D eigenvalue weighted by atomic mass is 10.2. The Balaban J connectivity index is 2.39. The van der Waals surface area contributed by atoms with Crippen molar-refractivity contribution in [2.45, 2.75) is 31.3 Å². The van der Waals surface area contributed by atoms with Crippen LogP contribution in [0.3, 0.4) is 0 Å². The highest BCUT2D eigenvalue weighted by Gasteiger charge is 2.33. The molecule has 1 aliphatic heterocycles. The molecule has 118 valence electrons. The average Bonchev–Trinajstić information content (AvgIpc) is 2.91. The van der Waals surface area contributed by atoms with E-state index in [1.165, 1.54) is 16.4 Å². The minimum absolute atomic E-state index is 0.0113. The second-order valence-electron chi connectivity index (χ2n) is 4.72. The van der Waals surface area contributed by atoms with E-state index in [0.717, 1.165) is 5.75 Å². The molecule has 9 heteroatoms. The van der Waals surface area contributed by atoms with Crippen LogP contribution in [0.5, 0.6) is 0 Å². The molecule has 1 unspecified atom stereocenters. The van der Waals surface area contributed by atoms with E-state index in [1.807, 2.05) is 6.92 Å². The maximum atomic E-state index is 12.0. The first kappa shape index (κ1) is 16.2. The Morgan fingerprint density at radius 2 is 2.24 bits per heavy atom. The van der Waals surface area contributed by atoms with Crippen LogP contribution in [0.1, 0.15) is 36.7 Å². The Morgan fingerprint density at radius 3 is 2.76 bits per heavy atom. The van der Waals surface area contributed by atoms with Crippen LogP contribution in [0, 0.1) is 0 Å². The van der Waals surface area contributed by atoms with E-state index in [0.29, 0.717) is 11.4 Å². The summed E-state index contributed by atoms with van der Waals surface area (Å²) >= 11 is 1.39. The lowest BCUT2D eigenvalue weighted by Gasteiger charge is -2.10. The summed E-state index contributed by atoms with van der Waals surface area (Å²) in [5, 5.41) is 4.84. The van der Waals surface area contributed by atoms with Crippen molar-refractivity contribution in [2.75, 3.05) is 29.6 Å². The van der Waals surface area contributed by atoms with Crippen LogP contribution in [-0.2, 0) is 14.6 Å². The molecule has 2 rings (SSSR count). The largest absolute Gasteiger partial charge is 0.462 e. The van der Waals surface area contributed by atoms with Crippen molar-refractivity contribution in [1.82, 2.24) is 9.78 Å². The smallest absolute Gasteiger partial charge is 0.344 e. The number of sulfone groups is 1. The molecule has 21 heavy (non-hydrogen) atoms. The van der Waals surface area contributed by atoms with Gasteiger partial charge in [0.1, 0.15) is 16.4 Å². The fourth-order valence-electron chi connectivity index (χ4n) is 2.31. The van der Waals surface area contributed by atoms with E-state index in [2.05, 4.69) is 5.10 Å². The first-order valence-electron chi connectivity index (χ1n) is 6.78. The number of hydrogen-bond donors (Lipinski definition) is 1. The van der Waals surface area contributed by atoms with E-state index >= 15 is 0 Å². The fourth-order valence-corrected chi connectivity index (χ4v) is 4.75. The van der Waals surface area contributed by atoms with Crippen LogP contribution in [0.4, 0.5) is 5.82 Å². The Morgan fingerprint density at radius 1 is 1.52 bits per heavy atom. The molecule has 0 amide bonds. The summed E-state index contributed by atoms with van der Waals surface area (Å²) in [6.07, 6.45) is 0.465. The van der Waals surface area contributed by atoms with Gasteiger partial charge in [0.05, 0.1) is 24.2 Å². The lowest BCUT2D eigenvalue weighted by molar-refractivity contribution is 0.0523. The molecule has 0 spiro atoms. The molecule has 0 saturated carbocycles. The number of carbonyl (C=O) groups is 1. The number of anilines is 1. The normalized spacial score (nSPS) is 20.6. The Kier molecular flexibility index (Phi) is 4.82. The van der Waals surface area contributed by atoms with Gasteiger partial charge in [-0.25, -0.2) is 17.9 Å². The van der Waals surface area contributed by atoms with Gasteiger partial charge in [0.2, 0.25) is 0 Å². The molecule has 0 radical (unpaired) electrons. The van der Waals surface area contributed by atoms with E-state index in [9.17, 15) is 13.2 Å². The highest BCUT2D eigenvalue weighted by atomic mass is 32.2. The van der Waals surface area contributed by atoms with E-state index in [1.54, 1.807) is 6.92 Å². The number of rotatable bonds is 5. The molecule has 0 aromatic carbocycles. The predicted molar refractivity (Wildman–Crippen MR) is 81.3 cm³/mol. The van der Waals surface area contributed by atoms with E-state index in [-0.39, 0.29) is 35.5 Å². The van der Waals surface area contributed by atoms with Crippen LogP contribution < -0.4 is 5.73 Å². The second-order valence-corrected chi connectivity index (χ2v) is 8.20. The molecule has 7 nitrogen and oxygen atoms in total. The number of ether oxygens (including phenoxy) is 1. The van der Waals surface area contributed by atoms with Crippen molar-refractivity contribution in [1.29, 1.82) is 0 Å². The fraction of sp³-hybridized carbons (Fsp3) is 0.667. The molecule has 2 N–H and O–H groups in total. The molecule has 0 bridgehead atoms. The van der Waals surface area contributed by atoms with E-state index in [4.69, 9.17) is 10.5 Å². The summed E-state index contributed by atoms with van der Waals surface area (Å²) in [7, 11) is -3.05. The molecule has 1 fully saturated rings.